The quantitative estimate of drug-likeness (QED) is 0.488. The summed E-state index contributed by atoms with van der Waals surface area (Å²) < 4.78 is 21.5. The lowest BCUT2D eigenvalue weighted by molar-refractivity contribution is -0.154. The fourth-order valence-electron chi connectivity index (χ4n) is 3.71. The molecular weight excluding hydrogens is 414 g/mol. The first-order chi connectivity index (χ1) is 14.7. The minimum absolute atomic E-state index is 0.104. The van der Waals surface area contributed by atoms with Crippen molar-refractivity contribution in [1.82, 2.24) is 14.6 Å². The summed E-state index contributed by atoms with van der Waals surface area (Å²) in [6.45, 7) is 2.99. The molecule has 4 N–H and O–H groups in total. The highest BCUT2D eigenvalue weighted by atomic mass is 16.8. The van der Waals surface area contributed by atoms with Crippen LogP contribution in [0.5, 0.6) is 0 Å². The number of ether oxygens (including phenoxy) is 4. The molecule has 0 radical (unpaired) electrons. The van der Waals surface area contributed by atoms with Crippen molar-refractivity contribution in [2.24, 2.45) is 0 Å². The summed E-state index contributed by atoms with van der Waals surface area (Å²) in [6.07, 6.45) is -5.65. The second-order valence-corrected chi connectivity index (χ2v) is 7.14. The number of carbonyl (C=O) groups excluding carboxylic acids is 2. The van der Waals surface area contributed by atoms with Crippen molar-refractivity contribution in [2.75, 3.05) is 12.3 Å². The maximum atomic E-state index is 12.0. The van der Waals surface area contributed by atoms with Crippen LogP contribution in [0.1, 0.15) is 19.5 Å². The number of esters is 1. The highest BCUT2D eigenvalue weighted by Crippen LogP contribution is 2.59. The summed E-state index contributed by atoms with van der Waals surface area (Å²) in [5.74, 6) is -0.624. The van der Waals surface area contributed by atoms with Crippen molar-refractivity contribution in [3.63, 3.8) is 0 Å². The number of nitriles is 1. The van der Waals surface area contributed by atoms with Gasteiger partial charge in [0.15, 0.2) is 23.6 Å². The van der Waals surface area contributed by atoms with Crippen LogP contribution in [-0.4, -0.2) is 73.6 Å². The maximum Gasteiger partial charge on any atom is 0.509 e. The first kappa shape index (κ1) is 20.8. The first-order valence-electron chi connectivity index (χ1n) is 9.32. The molecule has 13 heteroatoms. The van der Waals surface area contributed by atoms with Crippen LogP contribution < -0.4 is 5.73 Å². The number of nitrogen functional groups attached to an aromatic ring is 1. The maximum absolute atomic E-state index is 12.0. The Bertz CT molecular complexity index is 1100. The largest absolute Gasteiger partial charge is 0.509 e. The van der Waals surface area contributed by atoms with E-state index in [4.69, 9.17) is 24.7 Å². The highest BCUT2D eigenvalue weighted by Gasteiger charge is 2.84. The van der Waals surface area contributed by atoms with E-state index in [1.54, 1.807) is 6.92 Å². The SMILES string of the molecule is CCOC(=O)[C@H](C)OC(=O)OC1[C@H]2O[C@@](C#N)(c3ccc4c(N)ncnn34)[C@H](O)[C@@]12O. The van der Waals surface area contributed by atoms with Gasteiger partial charge in [-0.1, -0.05) is 0 Å². The molecule has 0 aromatic carbocycles. The molecule has 1 unspecified atom stereocenters. The molecule has 1 aliphatic heterocycles. The van der Waals surface area contributed by atoms with E-state index in [1.165, 1.54) is 29.9 Å². The van der Waals surface area contributed by atoms with Gasteiger partial charge in [0.1, 0.15) is 30.1 Å². The molecule has 31 heavy (non-hydrogen) atoms. The average Bonchev–Trinajstić information content (AvgIpc) is 3.04. The van der Waals surface area contributed by atoms with Gasteiger partial charge in [-0.2, -0.15) is 10.4 Å². The predicted molar refractivity (Wildman–Crippen MR) is 98.0 cm³/mol. The van der Waals surface area contributed by atoms with Crippen LogP contribution in [0.25, 0.3) is 5.52 Å². The van der Waals surface area contributed by atoms with E-state index in [0.29, 0.717) is 5.52 Å². The zero-order valence-electron chi connectivity index (χ0n) is 16.5. The lowest BCUT2D eigenvalue weighted by Gasteiger charge is -2.29. The Kier molecular flexibility index (Phi) is 4.73. The van der Waals surface area contributed by atoms with Gasteiger partial charge in [0.05, 0.1) is 12.3 Å². The summed E-state index contributed by atoms with van der Waals surface area (Å²) in [4.78, 5) is 27.4. The van der Waals surface area contributed by atoms with Gasteiger partial charge in [-0.3, -0.25) is 0 Å². The summed E-state index contributed by atoms with van der Waals surface area (Å²) in [5, 5.41) is 35.5. The molecule has 164 valence electrons. The number of nitrogens with zero attached hydrogens (tertiary/aromatic N) is 4. The van der Waals surface area contributed by atoms with Gasteiger partial charge in [-0.25, -0.2) is 19.1 Å². The Morgan fingerprint density at radius 3 is 2.84 bits per heavy atom. The fourth-order valence-corrected chi connectivity index (χ4v) is 3.71. The van der Waals surface area contributed by atoms with Crippen molar-refractivity contribution in [3.8, 4) is 6.07 Å². The van der Waals surface area contributed by atoms with Crippen molar-refractivity contribution < 1.29 is 38.7 Å². The molecule has 3 heterocycles. The van der Waals surface area contributed by atoms with E-state index >= 15 is 0 Å². The molecule has 13 nitrogen and oxygen atoms in total. The van der Waals surface area contributed by atoms with E-state index < -0.39 is 47.7 Å². The van der Waals surface area contributed by atoms with E-state index in [1.807, 2.05) is 6.07 Å². The third-order valence-corrected chi connectivity index (χ3v) is 5.36. The summed E-state index contributed by atoms with van der Waals surface area (Å²) >= 11 is 0. The van der Waals surface area contributed by atoms with Crippen molar-refractivity contribution >= 4 is 23.5 Å². The number of fused-ring (bicyclic) bond motifs is 2. The third kappa shape index (κ3) is 2.87. The van der Waals surface area contributed by atoms with Crippen LogP contribution >= 0.6 is 0 Å². The molecule has 2 aromatic rings. The number of aliphatic hydroxyl groups excluding tert-OH is 1. The number of aromatic nitrogens is 3. The average molecular weight is 433 g/mol. The highest BCUT2D eigenvalue weighted by molar-refractivity contribution is 5.77. The third-order valence-electron chi connectivity index (χ3n) is 5.36. The van der Waals surface area contributed by atoms with Gasteiger partial charge in [0.25, 0.3) is 0 Å². The Morgan fingerprint density at radius 1 is 1.48 bits per heavy atom. The molecule has 4 rings (SSSR count). The molecule has 0 spiro atoms. The Morgan fingerprint density at radius 2 is 2.23 bits per heavy atom. The minimum atomic E-state index is -2.06. The zero-order valence-corrected chi connectivity index (χ0v) is 16.5. The molecule has 0 amide bonds. The number of aliphatic hydroxyl groups is 2. The van der Waals surface area contributed by atoms with Gasteiger partial charge in [-0.15, -0.1) is 0 Å². The number of hydrogen-bond donors (Lipinski definition) is 3. The van der Waals surface area contributed by atoms with Crippen LogP contribution in [0.2, 0.25) is 0 Å². The van der Waals surface area contributed by atoms with Crippen molar-refractivity contribution in [3.05, 3.63) is 24.2 Å². The minimum Gasteiger partial charge on any atom is -0.463 e. The fraction of sp³-hybridized carbons (Fsp3) is 0.500. The molecular formula is C18H19N5O8. The van der Waals surface area contributed by atoms with Gasteiger partial charge < -0.3 is 34.9 Å². The smallest absolute Gasteiger partial charge is 0.463 e. The van der Waals surface area contributed by atoms with Crippen molar-refractivity contribution in [2.45, 2.75) is 49.5 Å². The molecule has 1 aliphatic carbocycles. The normalized spacial score (nSPS) is 32.0. The van der Waals surface area contributed by atoms with E-state index in [-0.39, 0.29) is 18.1 Å². The topological polar surface area (TPSA) is 192 Å². The van der Waals surface area contributed by atoms with E-state index in [9.17, 15) is 25.1 Å². The second kappa shape index (κ2) is 7.05. The summed E-state index contributed by atoms with van der Waals surface area (Å²) in [5.41, 5.74) is 2.21. The summed E-state index contributed by atoms with van der Waals surface area (Å²) in [7, 11) is 0. The molecule has 6 atom stereocenters. The predicted octanol–water partition coefficient (Wildman–Crippen LogP) is -0.992. The van der Waals surface area contributed by atoms with Gasteiger partial charge in [0.2, 0.25) is 5.60 Å². The summed E-state index contributed by atoms with van der Waals surface area (Å²) in [6, 6.07) is 4.88. The van der Waals surface area contributed by atoms with Gasteiger partial charge in [-0.05, 0) is 26.0 Å². The van der Waals surface area contributed by atoms with Crippen LogP contribution in [0.15, 0.2) is 18.5 Å². The van der Waals surface area contributed by atoms with Gasteiger partial charge >= 0.3 is 12.1 Å². The standard InChI is InChI=1S/C18H19N5O8/c1-3-28-14(24)8(2)29-16(26)30-11-12-18(11,27)15(25)17(6-19,31-12)10-5-4-9-13(20)21-7-22-23(9)10/h4-5,7-8,11-12,15,25,27H,3H2,1-2H3,(H2,20,21,22)/t8-,11?,12+,15-,17-,18+/m0/s1. The Labute approximate surface area is 174 Å². The van der Waals surface area contributed by atoms with Crippen LogP contribution in [0.4, 0.5) is 10.6 Å². The number of rotatable bonds is 5. The van der Waals surface area contributed by atoms with Crippen LogP contribution in [0, 0.1) is 11.3 Å². The van der Waals surface area contributed by atoms with Crippen molar-refractivity contribution in [1.29, 1.82) is 5.26 Å². The Hall–Kier alpha value is -3.47. The molecule has 2 aliphatic rings. The molecule has 1 saturated carbocycles. The molecule has 2 aromatic heterocycles. The monoisotopic (exact) mass is 433 g/mol. The number of anilines is 1. The zero-order chi connectivity index (χ0) is 22.6. The number of hydrogen-bond acceptors (Lipinski definition) is 12. The van der Waals surface area contributed by atoms with E-state index in [0.717, 1.165) is 0 Å². The van der Waals surface area contributed by atoms with Crippen LogP contribution in [-0.2, 0) is 29.3 Å². The lowest BCUT2D eigenvalue weighted by atomic mass is 9.90. The Balaban J connectivity index is 1.52. The molecule has 0 bridgehead atoms. The second-order valence-electron chi connectivity index (χ2n) is 7.14. The number of nitrogens with two attached hydrogens (primary N) is 1. The van der Waals surface area contributed by atoms with E-state index in [2.05, 4.69) is 10.1 Å². The number of carbonyl (C=O) groups is 2. The molecule has 1 saturated heterocycles. The lowest BCUT2D eigenvalue weighted by Crippen LogP contribution is -2.47. The van der Waals surface area contributed by atoms with Gasteiger partial charge in [0, 0.05) is 0 Å². The first-order valence-corrected chi connectivity index (χ1v) is 9.32. The van der Waals surface area contributed by atoms with Crippen LogP contribution in [0.3, 0.4) is 0 Å². The molecule has 2 fully saturated rings.